The topological polar surface area (TPSA) is 127 Å². The Hall–Kier alpha value is -1.44. The minimum absolute atomic E-state index is 0.0684. The monoisotopic (exact) mass is 313 g/mol. The largest absolute Gasteiger partial charge is 0.479 e. The van der Waals surface area contributed by atoms with E-state index in [2.05, 4.69) is 5.32 Å². The fourth-order valence-corrected chi connectivity index (χ4v) is 3.67. The van der Waals surface area contributed by atoms with E-state index in [0.717, 1.165) is 12.8 Å². The smallest absolute Gasteiger partial charge is 0.335 e. The maximum atomic E-state index is 12.1. The number of nitrogens with one attached hydrogen (secondary N) is 1. The van der Waals surface area contributed by atoms with E-state index in [0.29, 0.717) is 6.42 Å². The molecule has 7 heteroatoms. The molecule has 5 atom stereocenters. The molecule has 0 saturated carbocycles. The first-order valence-electron chi connectivity index (χ1n) is 7.52. The number of carbonyl (C=O) groups excluding carboxylic acids is 1. The molecule has 0 aromatic rings. The number of allylic oxidation sites excluding steroid dienone is 1. The van der Waals surface area contributed by atoms with Gasteiger partial charge < -0.3 is 25.7 Å². The molecule has 1 saturated heterocycles. The second kappa shape index (κ2) is 5.98. The molecule has 2 rings (SSSR count). The number of aliphatic carboxylic acids is 1. The van der Waals surface area contributed by atoms with Crippen LogP contribution in [-0.2, 0) is 9.59 Å². The van der Waals surface area contributed by atoms with Crippen LogP contribution in [0.25, 0.3) is 0 Å². The van der Waals surface area contributed by atoms with Crippen LogP contribution in [0.1, 0.15) is 32.6 Å². The van der Waals surface area contributed by atoms with Gasteiger partial charge in [-0.25, -0.2) is 4.79 Å². The van der Waals surface area contributed by atoms with Crippen molar-refractivity contribution in [1.29, 1.82) is 0 Å². The Morgan fingerprint density at radius 2 is 2.23 bits per heavy atom. The number of aliphatic hydroxyl groups is 3. The first-order valence-corrected chi connectivity index (χ1v) is 7.52. The Bertz CT molecular complexity index is 488. The van der Waals surface area contributed by atoms with E-state index >= 15 is 0 Å². The number of amides is 1. The molecule has 1 heterocycles. The van der Waals surface area contributed by atoms with E-state index in [-0.39, 0.29) is 13.0 Å². The van der Waals surface area contributed by atoms with Crippen molar-refractivity contribution in [3.8, 4) is 0 Å². The maximum Gasteiger partial charge on any atom is 0.335 e. The predicted octanol–water partition coefficient (Wildman–Crippen LogP) is -0.594. The molecule has 1 aliphatic heterocycles. The van der Waals surface area contributed by atoms with Gasteiger partial charge in [-0.2, -0.15) is 0 Å². The second-order valence-corrected chi connectivity index (χ2v) is 6.28. The molecule has 124 valence electrons. The van der Waals surface area contributed by atoms with E-state index in [1.54, 1.807) is 6.08 Å². The molecule has 0 aromatic carbocycles. The van der Waals surface area contributed by atoms with Crippen LogP contribution in [0, 0.1) is 11.8 Å². The molecule has 0 aromatic heterocycles. The molecular weight excluding hydrogens is 290 g/mol. The van der Waals surface area contributed by atoms with Gasteiger partial charge in [0.15, 0.2) is 5.54 Å². The summed E-state index contributed by atoms with van der Waals surface area (Å²) in [4.78, 5) is 24.0. The molecule has 1 aliphatic carbocycles. The first kappa shape index (κ1) is 16.9. The highest BCUT2D eigenvalue weighted by Gasteiger charge is 2.69. The van der Waals surface area contributed by atoms with Crippen molar-refractivity contribution in [2.45, 2.75) is 49.9 Å². The lowest BCUT2D eigenvalue weighted by molar-refractivity contribution is -0.170. The van der Waals surface area contributed by atoms with Gasteiger partial charge in [0, 0.05) is 12.5 Å². The molecule has 0 spiro atoms. The number of hydrogen-bond donors (Lipinski definition) is 5. The van der Waals surface area contributed by atoms with Crippen molar-refractivity contribution in [3.05, 3.63) is 12.2 Å². The van der Waals surface area contributed by atoms with E-state index in [4.69, 9.17) is 5.11 Å². The molecular formula is C15H23NO6. The number of carboxylic acids is 1. The van der Waals surface area contributed by atoms with Gasteiger partial charge >= 0.3 is 5.97 Å². The van der Waals surface area contributed by atoms with Crippen LogP contribution in [0.2, 0.25) is 0 Å². The minimum atomic E-state index is -2.18. The zero-order valence-corrected chi connectivity index (χ0v) is 12.5. The van der Waals surface area contributed by atoms with Crippen LogP contribution in [0.4, 0.5) is 0 Å². The van der Waals surface area contributed by atoms with Gasteiger partial charge in [-0.3, -0.25) is 4.79 Å². The second-order valence-electron chi connectivity index (χ2n) is 6.28. The summed E-state index contributed by atoms with van der Waals surface area (Å²) in [6, 6.07) is 0. The van der Waals surface area contributed by atoms with Crippen molar-refractivity contribution in [2.75, 3.05) is 6.61 Å². The highest BCUT2D eigenvalue weighted by molar-refractivity contribution is 5.95. The Morgan fingerprint density at radius 1 is 1.55 bits per heavy atom. The fourth-order valence-electron chi connectivity index (χ4n) is 3.67. The van der Waals surface area contributed by atoms with Gasteiger partial charge in [-0.1, -0.05) is 12.2 Å². The number of carboxylic acid groups (broad SMARTS) is 1. The lowest BCUT2D eigenvalue weighted by Crippen LogP contribution is -2.70. The Kier molecular flexibility index (Phi) is 4.60. The van der Waals surface area contributed by atoms with Crippen molar-refractivity contribution in [1.82, 2.24) is 5.32 Å². The zero-order valence-electron chi connectivity index (χ0n) is 12.5. The van der Waals surface area contributed by atoms with Crippen LogP contribution >= 0.6 is 0 Å². The van der Waals surface area contributed by atoms with Crippen molar-refractivity contribution in [2.24, 2.45) is 11.8 Å². The molecule has 0 radical (unpaired) electrons. The lowest BCUT2D eigenvalue weighted by atomic mass is 9.68. The van der Waals surface area contributed by atoms with E-state index in [1.807, 2.05) is 6.08 Å². The molecule has 7 nitrogen and oxygen atoms in total. The first-order chi connectivity index (χ1) is 10.3. The fraction of sp³-hybridized carbons (Fsp3) is 0.733. The van der Waals surface area contributed by atoms with E-state index < -0.39 is 41.0 Å². The SMILES string of the molecule is C[C@]1(O)[C@@H](CCO)C(=O)N[C@]1(C(=O)O)[C@@H](O)[C@@H]1C=CCCC1. The van der Waals surface area contributed by atoms with Gasteiger partial charge in [0.25, 0.3) is 0 Å². The van der Waals surface area contributed by atoms with Crippen LogP contribution in [0.15, 0.2) is 12.2 Å². The molecule has 0 bridgehead atoms. The summed E-state index contributed by atoms with van der Waals surface area (Å²) in [6.07, 6.45) is 4.33. The Morgan fingerprint density at radius 3 is 2.73 bits per heavy atom. The average molecular weight is 313 g/mol. The Balaban J connectivity index is 2.44. The van der Waals surface area contributed by atoms with Crippen LogP contribution in [0.3, 0.4) is 0 Å². The Labute approximate surface area is 128 Å². The molecule has 1 amide bonds. The number of carbonyl (C=O) groups is 2. The zero-order chi connectivity index (χ0) is 16.5. The van der Waals surface area contributed by atoms with E-state index in [9.17, 15) is 24.9 Å². The highest BCUT2D eigenvalue weighted by atomic mass is 16.4. The van der Waals surface area contributed by atoms with Gasteiger partial charge in [-0.05, 0) is 32.6 Å². The third-order valence-electron chi connectivity index (χ3n) is 5.01. The molecule has 1 fully saturated rings. The quantitative estimate of drug-likeness (QED) is 0.432. The van der Waals surface area contributed by atoms with Gasteiger partial charge in [-0.15, -0.1) is 0 Å². The highest BCUT2D eigenvalue weighted by Crippen LogP contribution is 2.43. The number of aliphatic hydroxyl groups excluding tert-OH is 2. The summed E-state index contributed by atoms with van der Waals surface area (Å²) >= 11 is 0. The predicted molar refractivity (Wildman–Crippen MR) is 76.8 cm³/mol. The summed E-state index contributed by atoms with van der Waals surface area (Å²) in [6.45, 7) is 0.873. The summed E-state index contributed by atoms with van der Waals surface area (Å²) < 4.78 is 0. The van der Waals surface area contributed by atoms with Crippen LogP contribution in [-0.4, -0.2) is 56.2 Å². The molecule has 5 N–H and O–H groups in total. The third-order valence-corrected chi connectivity index (χ3v) is 5.01. The summed E-state index contributed by atoms with van der Waals surface area (Å²) in [5.41, 5.74) is -4.19. The summed E-state index contributed by atoms with van der Waals surface area (Å²) in [5, 5.41) is 42.5. The van der Waals surface area contributed by atoms with Crippen molar-refractivity contribution in [3.63, 3.8) is 0 Å². The maximum absolute atomic E-state index is 12.1. The average Bonchev–Trinajstić information content (AvgIpc) is 2.68. The summed E-state index contributed by atoms with van der Waals surface area (Å²) in [7, 11) is 0. The van der Waals surface area contributed by atoms with Crippen molar-refractivity contribution < 1.29 is 30.0 Å². The third kappa shape index (κ3) is 2.33. The van der Waals surface area contributed by atoms with Gasteiger partial charge in [0.05, 0.1) is 12.0 Å². The van der Waals surface area contributed by atoms with Crippen molar-refractivity contribution >= 4 is 11.9 Å². The summed E-state index contributed by atoms with van der Waals surface area (Å²) in [5.74, 6) is -3.68. The standard InChI is InChI=1S/C15H23NO6/c1-14(22)10(7-8-17)12(19)16-15(14,13(20)21)11(18)9-5-3-2-4-6-9/h3,5,9-11,17-18,22H,2,4,6-8H2,1H3,(H,16,19)(H,20,21)/t9-,10+,11+,14+,15+/m1/s1. The van der Waals surface area contributed by atoms with Gasteiger partial charge in [0.1, 0.15) is 5.60 Å². The molecule has 0 unspecified atom stereocenters. The van der Waals surface area contributed by atoms with Crippen LogP contribution < -0.4 is 5.32 Å². The number of hydrogen-bond acceptors (Lipinski definition) is 5. The molecule has 2 aliphatic rings. The number of rotatable bonds is 5. The van der Waals surface area contributed by atoms with Crippen LogP contribution in [0.5, 0.6) is 0 Å². The van der Waals surface area contributed by atoms with E-state index in [1.165, 1.54) is 6.92 Å². The van der Waals surface area contributed by atoms with Gasteiger partial charge in [0.2, 0.25) is 5.91 Å². The minimum Gasteiger partial charge on any atom is -0.479 e. The normalized spacial score (nSPS) is 39.5. The molecule has 22 heavy (non-hydrogen) atoms. The lowest BCUT2D eigenvalue weighted by Gasteiger charge is -2.43.